The molecule has 3 rings (SSSR count). The SMILES string of the molecule is CCOC(=O)[C@H](CCc1ccccc1)N[C@H](C)C(=O)N1[C@@H]2CN(S(C)(=O)=O)CC[C@H]2C[C@H]1C(=O)O. The van der Waals surface area contributed by atoms with Crippen molar-refractivity contribution in [1.82, 2.24) is 14.5 Å². The summed E-state index contributed by atoms with van der Waals surface area (Å²) in [6, 6.07) is 6.45. The average molecular weight is 510 g/mol. The Bertz CT molecular complexity index is 1020. The number of hydrogen-bond acceptors (Lipinski definition) is 7. The van der Waals surface area contributed by atoms with Crippen LogP contribution in [-0.2, 0) is 35.6 Å². The first kappa shape index (κ1) is 27.1. The van der Waals surface area contributed by atoms with Gasteiger partial charge in [-0.25, -0.2) is 17.5 Å². The summed E-state index contributed by atoms with van der Waals surface area (Å²) in [5, 5.41) is 12.9. The van der Waals surface area contributed by atoms with Gasteiger partial charge in [0.15, 0.2) is 0 Å². The molecule has 2 aliphatic rings. The van der Waals surface area contributed by atoms with Gasteiger partial charge in [0.05, 0.1) is 18.9 Å². The molecule has 35 heavy (non-hydrogen) atoms. The fourth-order valence-electron chi connectivity index (χ4n) is 5.08. The monoisotopic (exact) mass is 509 g/mol. The van der Waals surface area contributed by atoms with Crippen LogP contribution in [0.3, 0.4) is 0 Å². The molecule has 1 aromatic carbocycles. The second kappa shape index (κ2) is 11.5. The first-order valence-electron chi connectivity index (χ1n) is 12.0. The van der Waals surface area contributed by atoms with Gasteiger partial charge >= 0.3 is 11.9 Å². The zero-order chi connectivity index (χ0) is 25.8. The average Bonchev–Trinajstić information content (AvgIpc) is 3.20. The second-order valence-corrected chi connectivity index (χ2v) is 11.3. The van der Waals surface area contributed by atoms with Crippen molar-refractivity contribution in [3.63, 3.8) is 0 Å². The maximum Gasteiger partial charge on any atom is 0.326 e. The molecule has 0 aromatic heterocycles. The van der Waals surface area contributed by atoms with Crippen LogP contribution < -0.4 is 5.32 Å². The standard InChI is InChI=1S/C24H35N3O7S/c1-4-34-24(31)19(11-10-17-8-6-5-7-9-17)25-16(2)22(28)27-20(23(29)30)14-18-12-13-26(15-21(18)27)35(3,32)33/h5-9,16,18-21,25H,4,10-15H2,1-3H3,(H,29,30)/t16-,18+,19+,20+,21-/m1/s1. The smallest absolute Gasteiger partial charge is 0.326 e. The Kier molecular flexibility index (Phi) is 8.89. The Morgan fingerprint density at radius 1 is 1.23 bits per heavy atom. The van der Waals surface area contributed by atoms with Gasteiger partial charge in [0, 0.05) is 19.1 Å². The van der Waals surface area contributed by atoms with E-state index in [4.69, 9.17) is 4.74 Å². The van der Waals surface area contributed by atoms with E-state index in [2.05, 4.69) is 5.32 Å². The summed E-state index contributed by atoms with van der Waals surface area (Å²) in [6.45, 7) is 3.89. The van der Waals surface area contributed by atoms with Gasteiger partial charge in [-0.15, -0.1) is 0 Å². The van der Waals surface area contributed by atoms with E-state index >= 15 is 0 Å². The summed E-state index contributed by atoms with van der Waals surface area (Å²) < 4.78 is 30.7. The van der Waals surface area contributed by atoms with E-state index < -0.39 is 52.0 Å². The molecule has 11 heteroatoms. The number of aryl methyl sites for hydroxylation is 1. The molecular weight excluding hydrogens is 474 g/mol. The second-order valence-electron chi connectivity index (χ2n) is 9.29. The lowest BCUT2D eigenvalue weighted by Crippen LogP contribution is -2.58. The van der Waals surface area contributed by atoms with E-state index in [1.165, 1.54) is 9.21 Å². The summed E-state index contributed by atoms with van der Waals surface area (Å²) in [6.07, 6.45) is 2.88. The Morgan fingerprint density at radius 2 is 1.91 bits per heavy atom. The number of piperidine rings is 1. The number of hydrogen-bond donors (Lipinski definition) is 2. The van der Waals surface area contributed by atoms with Gasteiger partial charge in [-0.2, -0.15) is 0 Å². The van der Waals surface area contributed by atoms with Gasteiger partial charge in [0.25, 0.3) is 0 Å². The number of esters is 1. The minimum absolute atomic E-state index is 0.0705. The van der Waals surface area contributed by atoms with Crippen LogP contribution in [0.2, 0.25) is 0 Å². The number of sulfonamides is 1. The Morgan fingerprint density at radius 3 is 2.51 bits per heavy atom. The van der Waals surface area contributed by atoms with Crippen LogP contribution in [0.4, 0.5) is 0 Å². The number of benzene rings is 1. The number of carboxylic acids is 1. The molecule has 10 nitrogen and oxygen atoms in total. The zero-order valence-electron chi connectivity index (χ0n) is 20.4. The van der Waals surface area contributed by atoms with E-state index in [1.807, 2.05) is 30.3 Å². The van der Waals surface area contributed by atoms with E-state index in [1.54, 1.807) is 13.8 Å². The van der Waals surface area contributed by atoms with Crippen molar-refractivity contribution in [3.05, 3.63) is 35.9 Å². The quantitative estimate of drug-likeness (QED) is 0.444. The summed E-state index contributed by atoms with van der Waals surface area (Å²) in [5.41, 5.74) is 1.04. The van der Waals surface area contributed by atoms with Gasteiger partial charge in [-0.05, 0) is 51.0 Å². The number of aliphatic carboxylic acids is 1. The van der Waals surface area contributed by atoms with Crippen LogP contribution >= 0.6 is 0 Å². The summed E-state index contributed by atoms with van der Waals surface area (Å²) in [4.78, 5) is 39.5. The van der Waals surface area contributed by atoms with Crippen molar-refractivity contribution in [3.8, 4) is 0 Å². The number of likely N-dealkylation sites (tertiary alicyclic amines) is 1. The van der Waals surface area contributed by atoms with Gasteiger partial charge < -0.3 is 14.7 Å². The van der Waals surface area contributed by atoms with E-state index in [-0.39, 0.29) is 25.5 Å². The van der Waals surface area contributed by atoms with E-state index in [0.29, 0.717) is 25.8 Å². The first-order chi connectivity index (χ1) is 16.5. The molecular formula is C24H35N3O7S. The highest BCUT2D eigenvalue weighted by Gasteiger charge is 2.50. The minimum atomic E-state index is -3.47. The summed E-state index contributed by atoms with van der Waals surface area (Å²) in [5.74, 6) is -2.14. The van der Waals surface area contributed by atoms with Crippen molar-refractivity contribution in [2.45, 2.75) is 63.7 Å². The molecule has 1 amide bonds. The van der Waals surface area contributed by atoms with Crippen LogP contribution in [0.1, 0.15) is 38.7 Å². The fourth-order valence-corrected chi connectivity index (χ4v) is 5.94. The summed E-state index contributed by atoms with van der Waals surface area (Å²) in [7, 11) is -3.47. The Balaban J connectivity index is 1.76. The molecule has 2 heterocycles. The lowest BCUT2D eigenvalue weighted by molar-refractivity contribution is -0.152. The van der Waals surface area contributed by atoms with Crippen molar-refractivity contribution in [2.75, 3.05) is 26.0 Å². The van der Waals surface area contributed by atoms with Crippen LogP contribution in [0.25, 0.3) is 0 Å². The Hall–Kier alpha value is -2.50. The van der Waals surface area contributed by atoms with E-state index in [9.17, 15) is 27.9 Å². The number of carbonyl (C=O) groups excluding carboxylic acids is 2. The molecule has 2 aliphatic heterocycles. The normalized spacial score (nSPS) is 24.4. The maximum absolute atomic E-state index is 13.5. The van der Waals surface area contributed by atoms with Crippen LogP contribution in [0.15, 0.2) is 30.3 Å². The maximum atomic E-state index is 13.5. The number of ether oxygens (including phenoxy) is 1. The molecule has 0 saturated carbocycles. The highest BCUT2D eigenvalue weighted by molar-refractivity contribution is 7.88. The molecule has 5 atom stereocenters. The number of carboxylic acid groups (broad SMARTS) is 1. The number of amides is 1. The topological polar surface area (TPSA) is 133 Å². The molecule has 1 aromatic rings. The van der Waals surface area contributed by atoms with E-state index in [0.717, 1.165) is 11.8 Å². The molecule has 0 radical (unpaired) electrons. The third kappa shape index (κ3) is 6.59. The number of nitrogens with zero attached hydrogens (tertiary/aromatic N) is 2. The third-order valence-corrected chi connectivity index (χ3v) is 8.14. The molecule has 2 N–H and O–H groups in total. The number of nitrogens with one attached hydrogen (secondary N) is 1. The molecule has 0 bridgehead atoms. The van der Waals surface area contributed by atoms with Crippen molar-refractivity contribution < 1.29 is 32.6 Å². The number of carbonyl (C=O) groups is 3. The van der Waals surface area contributed by atoms with Crippen LogP contribution in [0.5, 0.6) is 0 Å². The Labute approximate surface area is 206 Å². The van der Waals surface area contributed by atoms with Gasteiger partial charge in [0.1, 0.15) is 12.1 Å². The fraction of sp³-hybridized carbons (Fsp3) is 0.625. The van der Waals surface area contributed by atoms with Gasteiger partial charge in [0.2, 0.25) is 15.9 Å². The number of rotatable bonds is 10. The van der Waals surface area contributed by atoms with Gasteiger partial charge in [-0.3, -0.25) is 14.9 Å². The summed E-state index contributed by atoms with van der Waals surface area (Å²) >= 11 is 0. The highest BCUT2D eigenvalue weighted by atomic mass is 32.2. The van der Waals surface area contributed by atoms with Crippen LogP contribution in [0, 0.1) is 5.92 Å². The van der Waals surface area contributed by atoms with Gasteiger partial charge in [-0.1, -0.05) is 30.3 Å². The molecule has 0 spiro atoms. The molecule has 2 saturated heterocycles. The number of fused-ring (bicyclic) bond motifs is 1. The van der Waals surface area contributed by atoms with Crippen LogP contribution in [-0.4, -0.2) is 90.7 Å². The molecule has 0 unspecified atom stereocenters. The lowest BCUT2D eigenvalue weighted by atomic mass is 9.92. The molecule has 194 valence electrons. The van der Waals surface area contributed by atoms with Crippen molar-refractivity contribution in [2.24, 2.45) is 5.92 Å². The van der Waals surface area contributed by atoms with Crippen molar-refractivity contribution >= 4 is 27.9 Å². The molecule has 2 fully saturated rings. The minimum Gasteiger partial charge on any atom is -0.480 e. The zero-order valence-corrected chi connectivity index (χ0v) is 21.2. The molecule has 0 aliphatic carbocycles. The predicted molar refractivity (Wildman–Crippen MR) is 129 cm³/mol. The first-order valence-corrected chi connectivity index (χ1v) is 13.8. The van der Waals surface area contributed by atoms with Crippen molar-refractivity contribution in [1.29, 1.82) is 0 Å². The highest BCUT2D eigenvalue weighted by Crippen LogP contribution is 2.37. The largest absolute Gasteiger partial charge is 0.480 e. The third-order valence-electron chi connectivity index (χ3n) is 6.87. The predicted octanol–water partition coefficient (Wildman–Crippen LogP) is 0.865. The lowest BCUT2D eigenvalue weighted by Gasteiger charge is -2.39.